The van der Waals surface area contributed by atoms with Gasteiger partial charge in [-0.05, 0) is 18.6 Å². The first-order chi connectivity index (χ1) is 6.34. The molecule has 0 heterocycles. The van der Waals surface area contributed by atoms with Gasteiger partial charge in [-0.25, -0.2) is 5.84 Å². The van der Waals surface area contributed by atoms with E-state index in [9.17, 15) is 0 Å². The molecule has 1 rings (SSSR count). The Morgan fingerprint density at radius 2 is 1.85 bits per heavy atom. The molecule has 2 heteroatoms. The fourth-order valence-electron chi connectivity index (χ4n) is 1.28. The van der Waals surface area contributed by atoms with Gasteiger partial charge in [0.15, 0.2) is 0 Å². The van der Waals surface area contributed by atoms with E-state index in [1.807, 2.05) is 35.3 Å². The van der Waals surface area contributed by atoms with Gasteiger partial charge in [0.2, 0.25) is 0 Å². The highest BCUT2D eigenvalue weighted by atomic mass is 15.4. The minimum Gasteiger partial charge on any atom is -0.311 e. The summed E-state index contributed by atoms with van der Waals surface area (Å²) in [5.41, 5.74) is 1.10. The van der Waals surface area contributed by atoms with E-state index in [1.165, 1.54) is 19.3 Å². The second-order valence-electron chi connectivity index (χ2n) is 3.24. The van der Waals surface area contributed by atoms with E-state index in [4.69, 9.17) is 5.84 Å². The van der Waals surface area contributed by atoms with Gasteiger partial charge in [-0.3, -0.25) is 0 Å². The van der Waals surface area contributed by atoms with Crippen LogP contribution in [0, 0.1) is 0 Å². The van der Waals surface area contributed by atoms with Crippen molar-refractivity contribution >= 4 is 5.69 Å². The maximum atomic E-state index is 5.87. The Labute approximate surface area is 80.3 Å². The Balaban J connectivity index is 2.35. The van der Waals surface area contributed by atoms with Crippen molar-refractivity contribution in [3.8, 4) is 0 Å². The molecule has 0 spiro atoms. The van der Waals surface area contributed by atoms with E-state index in [1.54, 1.807) is 0 Å². The third-order valence-corrected chi connectivity index (χ3v) is 2.09. The van der Waals surface area contributed by atoms with Crippen molar-refractivity contribution in [3.63, 3.8) is 0 Å². The van der Waals surface area contributed by atoms with E-state index >= 15 is 0 Å². The van der Waals surface area contributed by atoms with Gasteiger partial charge in [-0.1, -0.05) is 38.0 Å². The number of unbranched alkanes of at least 4 members (excludes halogenated alkanes) is 2. The Morgan fingerprint density at radius 1 is 1.15 bits per heavy atom. The number of nitrogens with two attached hydrogens (primary N) is 1. The first kappa shape index (κ1) is 10.1. The molecule has 1 aromatic rings. The lowest BCUT2D eigenvalue weighted by Gasteiger charge is -2.17. The largest absolute Gasteiger partial charge is 0.311 e. The highest BCUT2D eigenvalue weighted by Gasteiger charge is 1.98. The molecule has 0 saturated carbocycles. The number of anilines is 1. The maximum absolute atomic E-state index is 5.87. The second-order valence-corrected chi connectivity index (χ2v) is 3.24. The van der Waals surface area contributed by atoms with Gasteiger partial charge in [-0.15, -0.1) is 0 Å². The van der Waals surface area contributed by atoms with Crippen molar-refractivity contribution in [1.82, 2.24) is 0 Å². The second kappa shape index (κ2) is 5.60. The van der Waals surface area contributed by atoms with Crippen LogP contribution in [0.5, 0.6) is 0 Å². The van der Waals surface area contributed by atoms with Crippen LogP contribution in [-0.2, 0) is 0 Å². The van der Waals surface area contributed by atoms with Crippen LogP contribution in [0.1, 0.15) is 26.2 Å². The molecule has 0 aromatic heterocycles. The van der Waals surface area contributed by atoms with E-state index < -0.39 is 0 Å². The van der Waals surface area contributed by atoms with Crippen molar-refractivity contribution in [3.05, 3.63) is 30.3 Å². The summed E-state index contributed by atoms with van der Waals surface area (Å²) in [6, 6.07) is 10.1. The molecule has 2 N–H and O–H groups in total. The fourth-order valence-corrected chi connectivity index (χ4v) is 1.28. The summed E-state index contributed by atoms with van der Waals surface area (Å²) in [6.07, 6.45) is 3.66. The van der Waals surface area contributed by atoms with Crippen LogP contribution < -0.4 is 10.9 Å². The SMILES string of the molecule is CCCCCN(N)c1ccccc1. The van der Waals surface area contributed by atoms with Crippen molar-refractivity contribution in [2.24, 2.45) is 5.84 Å². The monoisotopic (exact) mass is 178 g/mol. The molecule has 13 heavy (non-hydrogen) atoms. The van der Waals surface area contributed by atoms with Crippen LogP contribution in [0.15, 0.2) is 30.3 Å². The predicted molar refractivity (Wildman–Crippen MR) is 57.5 cm³/mol. The number of benzene rings is 1. The van der Waals surface area contributed by atoms with Crippen LogP contribution in [-0.4, -0.2) is 6.54 Å². The van der Waals surface area contributed by atoms with Crippen LogP contribution in [0.4, 0.5) is 5.69 Å². The summed E-state index contributed by atoms with van der Waals surface area (Å²) in [5.74, 6) is 5.87. The maximum Gasteiger partial charge on any atom is 0.0517 e. The van der Waals surface area contributed by atoms with E-state index in [0.717, 1.165) is 12.2 Å². The zero-order chi connectivity index (χ0) is 9.52. The third kappa shape index (κ3) is 3.47. The van der Waals surface area contributed by atoms with Crippen LogP contribution in [0.3, 0.4) is 0 Å². The van der Waals surface area contributed by atoms with Gasteiger partial charge in [0.1, 0.15) is 0 Å². The third-order valence-electron chi connectivity index (χ3n) is 2.09. The molecule has 0 bridgehead atoms. The molecule has 0 saturated heterocycles. The smallest absolute Gasteiger partial charge is 0.0517 e. The molecule has 0 aliphatic heterocycles. The lowest BCUT2D eigenvalue weighted by Crippen LogP contribution is -2.31. The summed E-state index contributed by atoms with van der Waals surface area (Å²) in [4.78, 5) is 0. The molecule has 0 aliphatic carbocycles. The molecule has 0 aliphatic rings. The first-order valence-corrected chi connectivity index (χ1v) is 4.92. The fraction of sp³-hybridized carbons (Fsp3) is 0.455. The molecule has 0 fully saturated rings. The average Bonchev–Trinajstić information content (AvgIpc) is 2.19. The Kier molecular flexibility index (Phi) is 4.33. The molecule has 0 atom stereocenters. The number of rotatable bonds is 5. The number of hydrogen-bond donors (Lipinski definition) is 1. The highest BCUT2D eigenvalue weighted by molar-refractivity contribution is 5.43. The van der Waals surface area contributed by atoms with Gasteiger partial charge in [0, 0.05) is 6.54 Å². The molecular formula is C11H18N2. The summed E-state index contributed by atoms with van der Waals surface area (Å²) in [7, 11) is 0. The predicted octanol–water partition coefficient (Wildman–Crippen LogP) is 2.56. The number of hydrogen-bond acceptors (Lipinski definition) is 2. The Bertz CT molecular complexity index is 221. The summed E-state index contributed by atoms with van der Waals surface area (Å²) < 4.78 is 0. The highest BCUT2D eigenvalue weighted by Crippen LogP contribution is 2.09. The molecule has 0 unspecified atom stereocenters. The minimum absolute atomic E-state index is 0.942. The average molecular weight is 178 g/mol. The van der Waals surface area contributed by atoms with E-state index in [0.29, 0.717) is 0 Å². The van der Waals surface area contributed by atoms with Crippen LogP contribution in [0.25, 0.3) is 0 Å². The topological polar surface area (TPSA) is 29.3 Å². The number of hydrazine groups is 1. The van der Waals surface area contributed by atoms with E-state index in [-0.39, 0.29) is 0 Å². The van der Waals surface area contributed by atoms with Crippen molar-refractivity contribution in [1.29, 1.82) is 0 Å². The molecule has 2 nitrogen and oxygen atoms in total. The molecule has 0 amide bonds. The van der Waals surface area contributed by atoms with Crippen molar-refractivity contribution < 1.29 is 0 Å². The number of para-hydroxylation sites is 1. The molecule has 1 aromatic carbocycles. The zero-order valence-corrected chi connectivity index (χ0v) is 8.24. The van der Waals surface area contributed by atoms with Gasteiger partial charge in [0.05, 0.1) is 5.69 Å². The first-order valence-electron chi connectivity index (χ1n) is 4.92. The minimum atomic E-state index is 0.942. The summed E-state index contributed by atoms with van der Waals surface area (Å²) >= 11 is 0. The van der Waals surface area contributed by atoms with E-state index in [2.05, 4.69) is 6.92 Å². The zero-order valence-electron chi connectivity index (χ0n) is 8.24. The molecular weight excluding hydrogens is 160 g/mol. The van der Waals surface area contributed by atoms with Gasteiger partial charge in [-0.2, -0.15) is 0 Å². The van der Waals surface area contributed by atoms with Crippen molar-refractivity contribution in [2.75, 3.05) is 11.6 Å². The normalized spacial score (nSPS) is 10.0. The summed E-state index contributed by atoms with van der Waals surface area (Å²) in [5, 5.41) is 1.82. The lowest BCUT2D eigenvalue weighted by atomic mass is 10.2. The van der Waals surface area contributed by atoms with Gasteiger partial charge >= 0.3 is 0 Å². The molecule has 72 valence electrons. The summed E-state index contributed by atoms with van der Waals surface area (Å²) in [6.45, 7) is 3.14. The molecule has 0 radical (unpaired) electrons. The van der Waals surface area contributed by atoms with Crippen LogP contribution in [0.2, 0.25) is 0 Å². The standard InChI is InChI=1S/C11H18N2/c1-2-3-7-10-13(12)11-8-5-4-6-9-11/h4-6,8-9H,2-3,7,10,12H2,1H3. The number of nitrogens with zero attached hydrogens (tertiary/aromatic N) is 1. The quantitative estimate of drug-likeness (QED) is 0.426. The van der Waals surface area contributed by atoms with Crippen molar-refractivity contribution in [2.45, 2.75) is 26.2 Å². The lowest BCUT2D eigenvalue weighted by molar-refractivity contribution is 0.688. The van der Waals surface area contributed by atoms with Crippen LogP contribution >= 0.6 is 0 Å². The Morgan fingerprint density at radius 3 is 2.46 bits per heavy atom. The van der Waals surface area contributed by atoms with Gasteiger partial charge in [0.25, 0.3) is 0 Å². The van der Waals surface area contributed by atoms with Gasteiger partial charge < -0.3 is 5.01 Å². The Hall–Kier alpha value is -1.02.